The molecule has 1 aromatic rings. The summed E-state index contributed by atoms with van der Waals surface area (Å²) in [5.41, 5.74) is 7.79. The van der Waals surface area contributed by atoms with Crippen molar-refractivity contribution >= 4 is 11.5 Å². The number of nitrogens with two attached hydrogens (primary N) is 1. The van der Waals surface area contributed by atoms with Crippen molar-refractivity contribution in [2.45, 2.75) is 45.1 Å². The van der Waals surface area contributed by atoms with Crippen LogP contribution >= 0.6 is 0 Å². The fourth-order valence-corrected chi connectivity index (χ4v) is 2.44. The van der Waals surface area contributed by atoms with Crippen molar-refractivity contribution in [3.05, 3.63) is 5.69 Å². The van der Waals surface area contributed by atoms with Gasteiger partial charge in [-0.15, -0.1) is 0 Å². The van der Waals surface area contributed by atoms with E-state index >= 15 is 0 Å². The SMILES string of the molecule is CC(C)c1nn(C)c(NCC2(C)CCCO2)c1N. The Morgan fingerprint density at radius 2 is 2.28 bits per heavy atom. The molecule has 0 radical (unpaired) electrons. The zero-order valence-corrected chi connectivity index (χ0v) is 11.8. The van der Waals surface area contributed by atoms with Gasteiger partial charge in [0.2, 0.25) is 0 Å². The number of nitrogen functional groups attached to an aromatic ring is 1. The highest BCUT2D eigenvalue weighted by Gasteiger charge is 2.30. The minimum atomic E-state index is -0.0747. The van der Waals surface area contributed by atoms with Crippen LogP contribution in [-0.2, 0) is 11.8 Å². The number of anilines is 2. The van der Waals surface area contributed by atoms with Crippen LogP contribution in [0, 0.1) is 0 Å². The number of aromatic nitrogens is 2. The molecule has 0 bridgehead atoms. The molecule has 2 rings (SSSR count). The Morgan fingerprint density at radius 3 is 2.78 bits per heavy atom. The van der Waals surface area contributed by atoms with E-state index in [-0.39, 0.29) is 5.60 Å². The Kier molecular flexibility index (Phi) is 3.52. The molecule has 0 aromatic carbocycles. The van der Waals surface area contributed by atoms with E-state index < -0.39 is 0 Å². The quantitative estimate of drug-likeness (QED) is 0.861. The van der Waals surface area contributed by atoms with E-state index in [4.69, 9.17) is 10.5 Å². The molecule has 3 N–H and O–H groups in total. The van der Waals surface area contributed by atoms with Crippen molar-refractivity contribution in [2.75, 3.05) is 24.2 Å². The summed E-state index contributed by atoms with van der Waals surface area (Å²) in [5.74, 6) is 1.24. The van der Waals surface area contributed by atoms with Crippen molar-refractivity contribution < 1.29 is 4.74 Å². The van der Waals surface area contributed by atoms with E-state index in [1.165, 1.54) is 0 Å². The van der Waals surface area contributed by atoms with Crippen molar-refractivity contribution in [2.24, 2.45) is 7.05 Å². The molecule has 102 valence electrons. The highest BCUT2D eigenvalue weighted by molar-refractivity contribution is 5.65. The molecule has 1 aliphatic rings. The summed E-state index contributed by atoms with van der Waals surface area (Å²) in [6.45, 7) is 7.97. The molecule has 1 fully saturated rings. The zero-order valence-electron chi connectivity index (χ0n) is 11.8. The lowest BCUT2D eigenvalue weighted by molar-refractivity contribution is 0.0314. The van der Waals surface area contributed by atoms with Crippen molar-refractivity contribution in [3.8, 4) is 0 Å². The smallest absolute Gasteiger partial charge is 0.147 e. The first-order valence-corrected chi connectivity index (χ1v) is 6.63. The van der Waals surface area contributed by atoms with Crippen molar-refractivity contribution in [3.63, 3.8) is 0 Å². The third kappa shape index (κ3) is 2.46. The number of ether oxygens (including phenoxy) is 1. The highest BCUT2D eigenvalue weighted by Crippen LogP contribution is 2.30. The molecule has 1 aliphatic heterocycles. The topological polar surface area (TPSA) is 65.1 Å². The zero-order chi connectivity index (χ0) is 13.3. The molecule has 0 aliphatic carbocycles. The summed E-state index contributed by atoms with van der Waals surface area (Å²) >= 11 is 0. The maximum absolute atomic E-state index is 6.15. The summed E-state index contributed by atoms with van der Waals surface area (Å²) in [6.07, 6.45) is 2.23. The molecular formula is C13H24N4O. The van der Waals surface area contributed by atoms with Gasteiger partial charge in [0.05, 0.1) is 17.0 Å². The monoisotopic (exact) mass is 252 g/mol. The van der Waals surface area contributed by atoms with Crippen LogP contribution < -0.4 is 11.1 Å². The van der Waals surface area contributed by atoms with Crippen LogP contribution in [0.25, 0.3) is 0 Å². The highest BCUT2D eigenvalue weighted by atomic mass is 16.5. The molecule has 5 heteroatoms. The maximum atomic E-state index is 6.15. The number of hydrogen-bond acceptors (Lipinski definition) is 4. The number of aryl methyl sites for hydroxylation is 1. The normalized spacial score (nSPS) is 23.8. The third-order valence-electron chi connectivity index (χ3n) is 3.59. The van der Waals surface area contributed by atoms with E-state index in [0.29, 0.717) is 5.92 Å². The van der Waals surface area contributed by atoms with Gasteiger partial charge in [-0.3, -0.25) is 4.68 Å². The second-order valence-corrected chi connectivity index (χ2v) is 5.68. The second kappa shape index (κ2) is 4.80. The lowest BCUT2D eigenvalue weighted by Gasteiger charge is -2.24. The molecule has 2 heterocycles. The van der Waals surface area contributed by atoms with Gasteiger partial charge in [-0.05, 0) is 25.7 Å². The molecule has 18 heavy (non-hydrogen) atoms. The van der Waals surface area contributed by atoms with Crippen LogP contribution in [-0.4, -0.2) is 28.5 Å². The number of nitrogens with zero attached hydrogens (tertiary/aromatic N) is 2. The standard InChI is InChI=1S/C13H24N4O/c1-9(2)11-10(14)12(17(4)16-11)15-8-13(3)6-5-7-18-13/h9,15H,5-8,14H2,1-4H3. The number of rotatable bonds is 4. The molecular weight excluding hydrogens is 228 g/mol. The van der Waals surface area contributed by atoms with Gasteiger partial charge in [0, 0.05) is 20.2 Å². The van der Waals surface area contributed by atoms with E-state index in [1.54, 1.807) is 0 Å². The van der Waals surface area contributed by atoms with Crippen LogP contribution in [0.1, 0.15) is 45.2 Å². The van der Waals surface area contributed by atoms with Crippen LogP contribution in [0.2, 0.25) is 0 Å². The van der Waals surface area contributed by atoms with Crippen molar-refractivity contribution in [1.29, 1.82) is 0 Å². The summed E-state index contributed by atoms with van der Waals surface area (Å²) in [5, 5.41) is 7.86. The molecule has 0 saturated carbocycles. The lowest BCUT2D eigenvalue weighted by atomic mass is 10.0. The fourth-order valence-electron chi connectivity index (χ4n) is 2.44. The molecule has 0 spiro atoms. The third-order valence-corrected chi connectivity index (χ3v) is 3.59. The average molecular weight is 252 g/mol. The van der Waals surface area contributed by atoms with E-state index in [2.05, 4.69) is 31.2 Å². The van der Waals surface area contributed by atoms with Crippen LogP contribution in [0.3, 0.4) is 0 Å². The predicted molar refractivity (Wildman–Crippen MR) is 73.8 cm³/mol. The molecule has 1 saturated heterocycles. The summed E-state index contributed by atoms with van der Waals surface area (Å²) in [4.78, 5) is 0. The van der Waals surface area contributed by atoms with Crippen LogP contribution in [0.15, 0.2) is 0 Å². The molecule has 1 aromatic heterocycles. The fraction of sp³-hybridized carbons (Fsp3) is 0.769. The Morgan fingerprint density at radius 1 is 1.56 bits per heavy atom. The van der Waals surface area contributed by atoms with Crippen LogP contribution in [0.4, 0.5) is 11.5 Å². The van der Waals surface area contributed by atoms with Gasteiger partial charge in [0.15, 0.2) is 0 Å². The summed E-state index contributed by atoms with van der Waals surface area (Å²) < 4.78 is 7.59. The Balaban J connectivity index is 2.09. The van der Waals surface area contributed by atoms with Gasteiger partial charge >= 0.3 is 0 Å². The lowest BCUT2D eigenvalue weighted by Crippen LogP contribution is -2.33. The Labute approximate surface area is 109 Å². The molecule has 5 nitrogen and oxygen atoms in total. The first-order valence-electron chi connectivity index (χ1n) is 6.63. The largest absolute Gasteiger partial charge is 0.394 e. The van der Waals surface area contributed by atoms with E-state index in [9.17, 15) is 0 Å². The Bertz CT molecular complexity index is 419. The molecule has 1 atom stereocenters. The summed E-state index contributed by atoms with van der Waals surface area (Å²) in [7, 11) is 1.92. The summed E-state index contributed by atoms with van der Waals surface area (Å²) in [6, 6.07) is 0. The molecule has 0 amide bonds. The van der Waals surface area contributed by atoms with Gasteiger partial charge in [0.25, 0.3) is 0 Å². The predicted octanol–water partition coefficient (Wildman–Crippen LogP) is 2.11. The van der Waals surface area contributed by atoms with Gasteiger partial charge in [-0.1, -0.05) is 13.8 Å². The minimum absolute atomic E-state index is 0.0747. The van der Waals surface area contributed by atoms with Gasteiger partial charge < -0.3 is 15.8 Å². The molecule has 1 unspecified atom stereocenters. The van der Waals surface area contributed by atoms with Gasteiger partial charge in [0.1, 0.15) is 5.82 Å². The van der Waals surface area contributed by atoms with E-state index in [0.717, 1.165) is 43.2 Å². The average Bonchev–Trinajstić information content (AvgIpc) is 2.83. The minimum Gasteiger partial charge on any atom is -0.394 e. The number of nitrogens with one attached hydrogen (secondary N) is 1. The first-order chi connectivity index (χ1) is 8.43. The van der Waals surface area contributed by atoms with E-state index in [1.807, 2.05) is 11.7 Å². The Hall–Kier alpha value is -1.23. The van der Waals surface area contributed by atoms with Gasteiger partial charge in [-0.25, -0.2) is 0 Å². The maximum Gasteiger partial charge on any atom is 0.147 e. The van der Waals surface area contributed by atoms with Crippen LogP contribution in [0.5, 0.6) is 0 Å². The number of hydrogen-bond donors (Lipinski definition) is 2. The van der Waals surface area contributed by atoms with Crippen molar-refractivity contribution in [1.82, 2.24) is 9.78 Å². The van der Waals surface area contributed by atoms with Gasteiger partial charge in [-0.2, -0.15) is 5.10 Å². The second-order valence-electron chi connectivity index (χ2n) is 5.68. The first kappa shape index (κ1) is 13.2.